The molecule has 0 spiro atoms. The van der Waals surface area contributed by atoms with E-state index in [1.807, 2.05) is 19.1 Å². The van der Waals surface area contributed by atoms with Crippen molar-refractivity contribution in [3.05, 3.63) is 65.2 Å². The zero-order valence-corrected chi connectivity index (χ0v) is 25.0. The highest BCUT2D eigenvalue weighted by atomic mass is 16.4. The molecular formula is C30H42N8O6. The number of likely N-dealkylation sites (N-methyl/N-ethyl adjacent to an activating group) is 1. The quantitative estimate of drug-likeness (QED) is 0.0805. The normalized spacial score (nSPS) is 11.4. The number of amides is 3. The molecule has 238 valence electrons. The summed E-state index contributed by atoms with van der Waals surface area (Å²) >= 11 is 0. The van der Waals surface area contributed by atoms with E-state index in [9.17, 15) is 19.5 Å². The lowest BCUT2D eigenvalue weighted by atomic mass is 10.0. The van der Waals surface area contributed by atoms with Gasteiger partial charge in [0, 0.05) is 26.6 Å². The second-order valence-corrected chi connectivity index (χ2v) is 9.76. The van der Waals surface area contributed by atoms with Crippen molar-refractivity contribution in [2.24, 2.45) is 22.2 Å². The van der Waals surface area contributed by atoms with Crippen molar-refractivity contribution in [1.29, 1.82) is 5.26 Å². The maximum atomic E-state index is 13.0. The van der Waals surface area contributed by atoms with Crippen LogP contribution >= 0.6 is 0 Å². The predicted molar refractivity (Wildman–Crippen MR) is 165 cm³/mol. The van der Waals surface area contributed by atoms with E-state index >= 15 is 0 Å². The first-order chi connectivity index (χ1) is 20.9. The van der Waals surface area contributed by atoms with Gasteiger partial charge in [-0.2, -0.15) is 5.26 Å². The Balaban J connectivity index is 0.00000227. The van der Waals surface area contributed by atoms with E-state index < -0.39 is 29.9 Å². The van der Waals surface area contributed by atoms with Gasteiger partial charge in [-0.15, -0.1) is 0 Å². The van der Waals surface area contributed by atoms with Crippen LogP contribution in [-0.4, -0.2) is 83.0 Å². The van der Waals surface area contributed by atoms with E-state index in [1.165, 1.54) is 12.1 Å². The third kappa shape index (κ3) is 15.2. The molecule has 3 amide bonds. The van der Waals surface area contributed by atoms with E-state index in [0.29, 0.717) is 31.5 Å². The van der Waals surface area contributed by atoms with E-state index in [-0.39, 0.29) is 43.5 Å². The Kier molecular flexibility index (Phi) is 16.6. The van der Waals surface area contributed by atoms with Gasteiger partial charge in [0.25, 0.3) is 5.97 Å². The van der Waals surface area contributed by atoms with Gasteiger partial charge in [0.05, 0.1) is 24.2 Å². The summed E-state index contributed by atoms with van der Waals surface area (Å²) in [4.78, 5) is 53.1. The van der Waals surface area contributed by atoms with Crippen molar-refractivity contribution < 1.29 is 29.4 Å². The van der Waals surface area contributed by atoms with Crippen LogP contribution in [0, 0.1) is 11.3 Å². The highest BCUT2D eigenvalue weighted by molar-refractivity contribution is 5.91. The van der Waals surface area contributed by atoms with Gasteiger partial charge in [-0.05, 0) is 68.0 Å². The number of benzene rings is 2. The van der Waals surface area contributed by atoms with E-state index in [4.69, 9.17) is 32.4 Å². The standard InChI is InChI=1S/C28H38N8O4.C2H4O2/c1-2-36(15-13-19-5-7-21(17-29)8-6-19)25(38)18-34-27(40)24(4-3-14-33-28(31)32)35-26(39)23(30)16-20-9-11-22(37)12-10-20;1-2(3)4/h5-12,23-24,37H,2-4,13-16,18,30H2,1H3,(H,34,40)(H,35,39)(H4,31,32,33);1H3,(H,3,4)/t23-,24+;/m0./s1. The minimum absolute atomic E-state index is 0.0767. The Hall–Kier alpha value is -5.16. The number of rotatable bonds is 15. The summed E-state index contributed by atoms with van der Waals surface area (Å²) in [7, 11) is 0. The summed E-state index contributed by atoms with van der Waals surface area (Å²) < 4.78 is 0. The third-order valence-electron chi connectivity index (χ3n) is 6.21. The molecule has 0 aromatic heterocycles. The number of aliphatic imine (C=N–C) groups is 1. The molecule has 0 aliphatic carbocycles. The Bertz CT molecular complexity index is 1280. The number of aliphatic carboxylic acids is 1. The lowest BCUT2D eigenvalue weighted by Gasteiger charge is -2.23. The average Bonchev–Trinajstić information content (AvgIpc) is 2.98. The van der Waals surface area contributed by atoms with Crippen LogP contribution in [0.2, 0.25) is 0 Å². The minimum atomic E-state index is -0.950. The zero-order valence-electron chi connectivity index (χ0n) is 25.0. The number of hydrogen-bond donors (Lipinski definition) is 7. The molecule has 0 aliphatic rings. The highest BCUT2D eigenvalue weighted by Crippen LogP contribution is 2.11. The molecule has 0 bridgehead atoms. The number of phenols is 1. The number of nitrogens with two attached hydrogens (primary N) is 3. The molecule has 0 aliphatic heterocycles. The Morgan fingerprint density at radius 1 is 1.02 bits per heavy atom. The van der Waals surface area contributed by atoms with Crippen LogP contribution in [0.1, 0.15) is 43.4 Å². The molecule has 0 saturated heterocycles. The fourth-order valence-electron chi connectivity index (χ4n) is 3.90. The molecule has 0 saturated carbocycles. The van der Waals surface area contributed by atoms with Gasteiger partial charge in [-0.25, -0.2) is 0 Å². The summed E-state index contributed by atoms with van der Waals surface area (Å²) in [6, 6.07) is 13.7. The summed E-state index contributed by atoms with van der Waals surface area (Å²) in [5, 5.41) is 31.1. The van der Waals surface area contributed by atoms with Gasteiger partial charge in [0.2, 0.25) is 17.7 Å². The molecule has 0 fully saturated rings. The molecule has 2 atom stereocenters. The van der Waals surface area contributed by atoms with E-state index in [0.717, 1.165) is 18.1 Å². The van der Waals surface area contributed by atoms with Gasteiger partial charge >= 0.3 is 0 Å². The second kappa shape index (κ2) is 19.9. The van der Waals surface area contributed by atoms with Crippen LogP contribution in [0.25, 0.3) is 0 Å². The number of nitriles is 1. The third-order valence-corrected chi connectivity index (χ3v) is 6.21. The molecule has 0 unspecified atom stereocenters. The summed E-state index contributed by atoms with van der Waals surface area (Å²) in [5.74, 6) is -2.12. The van der Waals surface area contributed by atoms with Crippen LogP contribution in [0.15, 0.2) is 53.5 Å². The number of aromatic hydroxyl groups is 1. The van der Waals surface area contributed by atoms with Crippen LogP contribution in [-0.2, 0) is 32.0 Å². The molecule has 2 rings (SSSR count). The van der Waals surface area contributed by atoms with Crippen molar-refractivity contribution >= 4 is 29.7 Å². The number of phenolic OH excluding ortho intramolecular Hbond substituents is 1. The molecule has 10 N–H and O–H groups in total. The SMILES string of the molecule is CC(=O)O.CCN(CCc1ccc(C#N)cc1)C(=O)CNC(=O)[C@@H](CCCN=C(N)N)NC(=O)[C@@H](N)Cc1ccc(O)cc1. The lowest BCUT2D eigenvalue weighted by molar-refractivity contribution is -0.134. The number of carboxylic acids is 1. The summed E-state index contributed by atoms with van der Waals surface area (Å²) in [6.45, 7) is 3.86. The Morgan fingerprint density at radius 3 is 2.16 bits per heavy atom. The molecule has 44 heavy (non-hydrogen) atoms. The fourth-order valence-corrected chi connectivity index (χ4v) is 3.90. The zero-order chi connectivity index (χ0) is 33.1. The van der Waals surface area contributed by atoms with Crippen LogP contribution < -0.4 is 27.8 Å². The number of nitrogens with one attached hydrogen (secondary N) is 2. The van der Waals surface area contributed by atoms with Crippen molar-refractivity contribution in [2.75, 3.05) is 26.2 Å². The molecule has 2 aromatic rings. The monoisotopic (exact) mass is 610 g/mol. The number of guanidine groups is 1. The lowest BCUT2D eigenvalue weighted by Crippen LogP contribution is -2.53. The van der Waals surface area contributed by atoms with Crippen molar-refractivity contribution in [1.82, 2.24) is 15.5 Å². The Morgan fingerprint density at radius 2 is 1.61 bits per heavy atom. The maximum absolute atomic E-state index is 13.0. The molecule has 0 heterocycles. The summed E-state index contributed by atoms with van der Waals surface area (Å²) in [6.07, 6.45) is 1.44. The van der Waals surface area contributed by atoms with Crippen molar-refractivity contribution in [3.63, 3.8) is 0 Å². The second-order valence-electron chi connectivity index (χ2n) is 9.76. The number of hydrogen-bond acceptors (Lipinski definition) is 8. The van der Waals surface area contributed by atoms with E-state index in [1.54, 1.807) is 29.2 Å². The highest BCUT2D eigenvalue weighted by Gasteiger charge is 2.24. The minimum Gasteiger partial charge on any atom is -0.508 e. The molecular weight excluding hydrogens is 568 g/mol. The first-order valence-corrected chi connectivity index (χ1v) is 14.0. The van der Waals surface area contributed by atoms with Gasteiger partial charge in [0.15, 0.2) is 5.96 Å². The number of carbonyl (C=O) groups excluding carboxylic acids is 3. The number of nitrogens with zero attached hydrogens (tertiary/aromatic N) is 3. The van der Waals surface area contributed by atoms with Crippen LogP contribution in [0.3, 0.4) is 0 Å². The number of carboxylic acid groups (broad SMARTS) is 1. The van der Waals surface area contributed by atoms with Crippen LogP contribution in [0.5, 0.6) is 5.75 Å². The maximum Gasteiger partial charge on any atom is 0.300 e. The van der Waals surface area contributed by atoms with Crippen molar-refractivity contribution in [2.45, 2.75) is 51.6 Å². The summed E-state index contributed by atoms with van der Waals surface area (Å²) in [5.41, 5.74) is 19.1. The molecule has 0 radical (unpaired) electrons. The fraction of sp³-hybridized carbons (Fsp3) is 0.400. The topological polar surface area (TPSA) is 250 Å². The average molecular weight is 611 g/mol. The van der Waals surface area contributed by atoms with Crippen molar-refractivity contribution in [3.8, 4) is 11.8 Å². The van der Waals surface area contributed by atoms with Gasteiger partial charge in [-0.3, -0.25) is 24.2 Å². The first-order valence-electron chi connectivity index (χ1n) is 14.0. The largest absolute Gasteiger partial charge is 0.508 e. The van der Waals surface area contributed by atoms with Gasteiger partial charge in [0.1, 0.15) is 11.8 Å². The predicted octanol–water partition coefficient (Wildman–Crippen LogP) is -0.0296. The van der Waals surface area contributed by atoms with E-state index in [2.05, 4.69) is 21.7 Å². The Labute approximate surface area is 256 Å². The first kappa shape index (κ1) is 36.9. The van der Waals surface area contributed by atoms with Gasteiger partial charge < -0.3 is 42.9 Å². The smallest absolute Gasteiger partial charge is 0.300 e. The molecule has 14 heteroatoms. The van der Waals surface area contributed by atoms with Gasteiger partial charge in [-0.1, -0.05) is 24.3 Å². The number of carbonyl (C=O) groups is 4. The molecule has 14 nitrogen and oxygen atoms in total. The molecule has 2 aromatic carbocycles. The van der Waals surface area contributed by atoms with Crippen LogP contribution in [0.4, 0.5) is 0 Å².